The molecular weight excluding hydrogens is 567 g/mol. The zero-order valence-corrected chi connectivity index (χ0v) is 23.8. The molecule has 0 aliphatic heterocycles. The van der Waals surface area contributed by atoms with Crippen LogP contribution >= 0.6 is 11.6 Å². The summed E-state index contributed by atoms with van der Waals surface area (Å²) in [6.45, 7) is 4.51. The van der Waals surface area contributed by atoms with E-state index in [0.29, 0.717) is 22.3 Å². The van der Waals surface area contributed by atoms with Gasteiger partial charge in [-0.05, 0) is 51.1 Å². The van der Waals surface area contributed by atoms with Gasteiger partial charge in [0.05, 0.1) is 17.1 Å². The monoisotopic (exact) mass is 594 g/mol. The van der Waals surface area contributed by atoms with Gasteiger partial charge in [-0.3, -0.25) is 23.9 Å². The lowest BCUT2D eigenvalue weighted by atomic mass is 10.1. The zero-order valence-electron chi connectivity index (χ0n) is 23.0. The highest BCUT2D eigenvalue weighted by Crippen LogP contribution is 2.24. The third-order valence-corrected chi connectivity index (χ3v) is 6.58. The minimum Gasteiger partial charge on any atom is -0.364 e. The van der Waals surface area contributed by atoms with Crippen LogP contribution in [0.15, 0.2) is 48.7 Å². The average molecular weight is 595 g/mol. The number of nitrogens with one attached hydrogen (secondary N) is 2. The predicted molar refractivity (Wildman–Crippen MR) is 153 cm³/mol. The fraction of sp³-hybridized carbons (Fsp3) is 0.250. The molecule has 2 aromatic carbocycles. The molecule has 14 heteroatoms. The van der Waals surface area contributed by atoms with Gasteiger partial charge in [0.25, 0.3) is 11.8 Å². The van der Waals surface area contributed by atoms with Crippen LogP contribution in [0, 0.1) is 12.7 Å². The van der Waals surface area contributed by atoms with Crippen LogP contribution in [0.25, 0.3) is 10.9 Å². The second-order valence-corrected chi connectivity index (χ2v) is 10.1. The predicted octanol–water partition coefficient (Wildman–Crippen LogP) is 2.83. The summed E-state index contributed by atoms with van der Waals surface area (Å²) in [5.74, 6) is -2.99. The molecule has 0 aliphatic rings. The topological polar surface area (TPSA) is 165 Å². The number of halogens is 2. The first-order valence-electron chi connectivity index (χ1n) is 12.8. The van der Waals surface area contributed by atoms with Crippen molar-refractivity contribution in [3.05, 3.63) is 82.3 Å². The van der Waals surface area contributed by atoms with Crippen LogP contribution in [0.4, 0.5) is 10.1 Å². The summed E-state index contributed by atoms with van der Waals surface area (Å²) in [6.07, 6.45) is 1.47. The molecule has 4 amide bonds. The standard InChI is InChI=1S/C28H28ClFN8O4/c1-15(2)37(13-22(39)33-12-17-5-4-6-20(29)24(17)30)23(40)14-38-21-8-7-18(11-19(21)25(36-38)26(31)41)35-28(42)27-32-10-9-16(3)34-27/h4-11,15H,12-14H2,1-3H3,(H2,31,41)(H,33,39)(H,35,42). The van der Waals surface area contributed by atoms with Crippen molar-refractivity contribution >= 4 is 51.8 Å². The summed E-state index contributed by atoms with van der Waals surface area (Å²) < 4.78 is 15.5. The molecule has 0 unspecified atom stereocenters. The van der Waals surface area contributed by atoms with E-state index in [-0.39, 0.29) is 47.8 Å². The molecule has 2 heterocycles. The summed E-state index contributed by atoms with van der Waals surface area (Å²) >= 11 is 5.80. The molecule has 42 heavy (non-hydrogen) atoms. The second kappa shape index (κ2) is 12.7. The number of nitrogens with two attached hydrogens (primary N) is 1. The summed E-state index contributed by atoms with van der Waals surface area (Å²) in [6, 6.07) is 10.4. The van der Waals surface area contributed by atoms with Gasteiger partial charge in [-0.1, -0.05) is 23.7 Å². The molecular formula is C28H28ClFN8O4. The summed E-state index contributed by atoms with van der Waals surface area (Å²) in [4.78, 5) is 60.1. The number of fused-ring (bicyclic) bond motifs is 1. The van der Waals surface area contributed by atoms with Gasteiger partial charge in [0, 0.05) is 41.1 Å². The molecule has 0 radical (unpaired) electrons. The zero-order chi connectivity index (χ0) is 30.6. The number of aromatic nitrogens is 4. The minimum atomic E-state index is -0.829. The van der Waals surface area contributed by atoms with Crippen LogP contribution < -0.4 is 16.4 Å². The Labute approximate surface area is 245 Å². The van der Waals surface area contributed by atoms with Crippen LogP contribution in [-0.2, 0) is 22.7 Å². The fourth-order valence-corrected chi connectivity index (χ4v) is 4.37. The third kappa shape index (κ3) is 6.86. The average Bonchev–Trinajstić information content (AvgIpc) is 3.30. The number of amides is 4. The van der Waals surface area contributed by atoms with E-state index in [1.165, 1.54) is 34.0 Å². The molecule has 0 atom stereocenters. The number of aryl methyl sites for hydroxylation is 1. The fourth-order valence-electron chi connectivity index (χ4n) is 4.17. The van der Waals surface area contributed by atoms with E-state index in [1.807, 2.05) is 0 Å². The van der Waals surface area contributed by atoms with Crippen molar-refractivity contribution in [3.8, 4) is 0 Å². The van der Waals surface area contributed by atoms with Crippen molar-refractivity contribution in [1.29, 1.82) is 0 Å². The maximum absolute atomic E-state index is 14.2. The number of nitrogens with zero attached hydrogens (tertiary/aromatic N) is 5. The molecule has 0 saturated carbocycles. The number of rotatable bonds is 10. The lowest BCUT2D eigenvalue weighted by Gasteiger charge is -2.26. The number of anilines is 1. The van der Waals surface area contributed by atoms with E-state index in [9.17, 15) is 23.6 Å². The van der Waals surface area contributed by atoms with E-state index in [2.05, 4.69) is 25.7 Å². The second-order valence-electron chi connectivity index (χ2n) is 9.68. The maximum Gasteiger partial charge on any atom is 0.293 e. The van der Waals surface area contributed by atoms with Gasteiger partial charge in [0.15, 0.2) is 5.69 Å². The Morgan fingerprint density at radius 3 is 2.60 bits per heavy atom. The summed E-state index contributed by atoms with van der Waals surface area (Å²) in [7, 11) is 0. The molecule has 4 aromatic rings. The van der Waals surface area contributed by atoms with Crippen LogP contribution in [0.5, 0.6) is 0 Å². The van der Waals surface area contributed by atoms with Crippen LogP contribution in [-0.4, -0.2) is 60.9 Å². The Morgan fingerprint density at radius 1 is 1.14 bits per heavy atom. The molecule has 2 aromatic heterocycles. The quantitative estimate of drug-likeness (QED) is 0.254. The normalized spacial score (nSPS) is 11.0. The van der Waals surface area contributed by atoms with E-state index in [0.717, 1.165) is 0 Å². The van der Waals surface area contributed by atoms with Crippen LogP contribution in [0.1, 0.15) is 46.2 Å². The maximum atomic E-state index is 14.2. The molecule has 218 valence electrons. The van der Waals surface area contributed by atoms with E-state index < -0.39 is 29.4 Å². The molecule has 0 spiro atoms. The van der Waals surface area contributed by atoms with Gasteiger partial charge in [-0.2, -0.15) is 5.10 Å². The molecule has 12 nitrogen and oxygen atoms in total. The number of carbonyl (C=O) groups excluding carboxylic acids is 4. The van der Waals surface area contributed by atoms with Crippen LogP contribution in [0.2, 0.25) is 5.02 Å². The first kappa shape index (κ1) is 30.1. The Morgan fingerprint density at radius 2 is 1.90 bits per heavy atom. The minimum absolute atomic E-state index is 0.0259. The third-order valence-electron chi connectivity index (χ3n) is 6.29. The molecule has 0 fully saturated rings. The van der Waals surface area contributed by atoms with Crippen molar-refractivity contribution < 1.29 is 23.6 Å². The molecule has 0 saturated heterocycles. The lowest BCUT2D eigenvalue weighted by molar-refractivity contribution is -0.138. The highest BCUT2D eigenvalue weighted by molar-refractivity contribution is 6.30. The van der Waals surface area contributed by atoms with Gasteiger partial charge < -0.3 is 21.3 Å². The summed E-state index contributed by atoms with van der Waals surface area (Å²) in [5.41, 5.74) is 7.03. The van der Waals surface area contributed by atoms with Gasteiger partial charge in [0.2, 0.25) is 17.6 Å². The van der Waals surface area contributed by atoms with Crippen molar-refractivity contribution in [2.24, 2.45) is 5.73 Å². The Bertz CT molecular complexity index is 1690. The molecule has 4 N–H and O–H groups in total. The molecule has 0 aliphatic carbocycles. The van der Waals surface area contributed by atoms with Gasteiger partial charge in [-0.15, -0.1) is 0 Å². The van der Waals surface area contributed by atoms with Crippen molar-refractivity contribution in [2.45, 2.75) is 39.9 Å². The smallest absolute Gasteiger partial charge is 0.293 e. The number of carbonyl (C=O) groups is 4. The Hall–Kier alpha value is -4.91. The first-order valence-corrected chi connectivity index (χ1v) is 13.2. The largest absolute Gasteiger partial charge is 0.364 e. The molecule has 4 rings (SSSR count). The van der Waals surface area contributed by atoms with Crippen molar-refractivity contribution in [2.75, 3.05) is 11.9 Å². The molecule has 0 bridgehead atoms. The van der Waals surface area contributed by atoms with Gasteiger partial charge in [0.1, 0.15) is 12.4 Å². The SMILES string of the molecule is Cc1ccnc(C(=O)Nc2ccc3c(c2)c(C(N)=O)nn3CC(=O)N(CC(=O)NCc2cccc(Cl)c2F)C(C)C)n1. The van der Waals surface area contributed by atoms with E-state index >= 15 is 0 Å². The highest BCUT2D eigenvalue weighted by atomic mass is 35.5. The number of benzene rings is 2. The Kier molecular flexibility index (Phi) is 9.11. The van der Waals surface area contributed by atoms with Crippen molar-refractivity contribution in [3.63, 3.8) is 0 Å². The Balaban J connectivity index is 1.50. The van der Waals surface area contributed by atoms with Gasteiger partial charge >= 0.3 is 0 Å². The number of hydrogen-bond acceptors (Lipinski definition) is 7. The summed E-state index contributed by atoms with van der Waals surface area (Å²) in [5, 5.41) is 9.77. The van der Waals surface area contributed by atoms with E-state index in [4.69, 9.17) is 17.3 Å². The van der Waals surface area contributed by atoms with E-state index in [1.54, 1.807) is 45.0 Å². The number of primary amides is 1. The highest BCUT2D eigenvalue weighted by Gasteiger charge is 2.24. The van der Waals surface area contributed by atoms with Gasteiger partial charge in [-0.25, -0.2) is 14.4 Å². The first-order chi connectivity index (χ1) is 19.9. The van der Waals surface area contributed by atoms with Crippen molar-refractivity contribution in [1.82, 2.24) is 30.0 Å². The lowest BCUT2D eigenvalue weighted by Crippen LogP contribution is -2.45. The number of hydrogen-bond donors (Lipinski definition) is 3. The van der Waals surface area contributed by atoms with Crippen LogP contribution in [0.3, 0.4) is 0 Å².